The Morgan fingerprint density at radius 3 is 2.39 bits per heavy atom. The Morgan fingerprint density at radius 2 is 1.75 bits per heavy atom. The zero-order valence-electron chi connectivity index (χ0n) is 20.1. The summed E-state index contributed by atoms with van der Waals surface area (Å²) in [5, 5.41) is 9.39. The molecule has 1 aliphatic carbocycles. The molecule has 1 saturated heterocycles. The average Bonchev–Trinajstić information content (AvgIpc) is 3.77. The van der Waals surface area contributed by atoms with Crippen LogP contribution in [0.2, 0.25) is 5.02 Å². The largest absolute Gasteiger partial charge is 0.497 e. The van der Waals surface area contributed by atoms with Crippen molar-refractivity contribution in [1.82, 2.24) is 20.0 Å². The van der Waals surface area contributed by atoms with Crippen LogP contribution in [0.15, 0.2) is 60.7 Å². The van der Waals surface area contributed by atoms with Gasteiger partial charge in [0.25, 0.3) is 5.91 Å². The maximum absolute atomic E-state index is 13.1. The molecule has 0 atom stereocenters. The van der Waals surface area contributed by atoms with E-state index in [1.807, 2.05) is 41.3 Å². The van der Waals surface area contributed by atoms with E-state index in [1.54, 1.807) is 36.3 Å². The van der Waals surface area contributed by atoms with Crippen LogP contribution < -0.4 is 9.64 Å². The molecule has 5 rings (SSSR count). The highest BCUT2D eigenvalue weighted by molar-refractivity contribution is 6.30. The number of rotatable bonds is 7. The van der Waals surface area contributed by atoms with Gasteiger partial charge in [-0.15, -0.1) is 10.2 Å². The van der Waals surface area contributed by atoms with Crippen molar-refractivity contribution in [3.05, 3.63) is 71.2 Å². The quantitative estimate of drug-likeness (QED) is 0.486. The summed E-state index contributed by atoms with van der Waals surface area (Å²) in [6.45, 7) is 2.57. The molecule has 0 radical (unpaired) electrons. The number of carbonyl (C=O) groups is 2. The Kier molecular flexibility index (Phi) is 7.04. The number of anilines is 1. The lowest BCUT2D eigenvalue weighted by Crippen LogP contribution is -2.52. The molecular formula is C27H28ClN5O3. The second kappa shape index (κ2) is 10.5. The minimum Gasteiger partial charge on any atom is -0.497 e. The molecule has 0 bridgehead atoms. The van der Waals surface area contributed by atoms with Gasteiger partial charge in [-0.25, -0.2) is 0 Å². The molecule has 0 N–H and O–H groups in total. The molecule has 2 aromatic carbocycles. The maximum Gasteiger partial charge on any atom is 0.254 e. The van der Waals surface area contributed by atoms with Crippen molar-refractivity contribution >= 4 is 29.2 Å². The van der Waals surface area contributed by atoms with Gasteiger partial charge >= 0.3 is 0 Å². The minimum atomic E-state index is -0.118. The topological polar surface area (TPSA) is 78.9 Å². The minimum absolute atomic E-state index is 0.0247. The van der Waals surface area contributed by atoms with Crippen LogP contribution in [0.3, 0.4) is 0 Å². The van der Waals surface area contributed by atoms with Gasteiger partial charge in [0.05, 0.1) is 12.8 Å². The van der Waals surface area contributed by atoms with Crippen LogP contribution in [-0.4, -0.2) is 77.7 Å². The van der Waals surface area contributed by atoms with E-state index in [2.05, 4.69) is 15.1 Å². The molecule has 2 fully saturated rings. The second-order valence-electron chi connectivity index (χ2n) is 9.05. The fourth-order valence-electron chi connectivity index (χ4n) is 4.37. The Balaban J connectivity index is 1.17. The van der Waals surface area contributed by atoms with Crippen LogP contribution in [-0.2, 0) is 4.79 Å². The van der Waals surface area contributed by atoms with Crippen LogP contribution in [0, 0.1) is 0 Å². The molecule has 1 aromatic heterocycles. The predicted octanol–water partition coefficient (Wildman–Crippen LogP) is 3.76. The Bertz CT molecular complexity index is 1220. The molecule has 1 aliphatic heterocycles. The van der Waals surface area contributed by atoms with Gasteiger partial charge in [0, 0.05) is 48.4 Å². The van der Waals surface area contributed by atoms with Gasteiger partial charge in [-0.05, 0) is 61.4 Å². The third-order valence-corrected chi connectivity index (χ3v) is 6.87. The first-order valence-corrected chi connectivity index (χ1v) is 12.5. The van der Waals surface area contributed by atoms with Crippen molar-refractivity contribution in [1.29, 1.82) is 0 Å². The van der Waals surface area contributed by atoms with Gasteiger partial charge in [0.2, 0.25) is 5.91 Å². The number of methoxy groups -OCH3 is 1. The Morgan fingerprint density at radius 1 is 1.00 bits per heavy atom. The predicted molar refractivity (Wildman–Crippen MR) is 138 cm³/mol. The number of nitrogens with zero attached hydrogens (tertiary/aromatic N) is 5. The maximum atomic E-state index is 13.1. The van der Waals surface area contributed by atoms with E-state index in [0.717, 1.165) is 35.7 Å². The van der Waals surface area contributed by atoms with E-state index in [-0.39, 0.29) is 24.4 Å². The number of hydrogen-bond donors (Lipinski definition) is 0. The summed E-state index contributed by atoms with van der Waals surface area (Å²) >= 11 is 5.96. The highest BCUT2D eigenvalue weighted by Gasteiger charge is 2.35. The van der Waals surface area contributed by atoms with Gasteiger partial charge in [-0.3, -0.25) is 9.59 Å². The Hall–Kier alpha value is -3.65. The number of amides is 2. The molecule has 0 unspecified atom stereocenters. The van der Waals surface area contributed by atoms with E-state index < -0.39 is 0 Å². The molecule has 2 aliphatic rings. The fraction of sp³-hybridized carbons (Fsp3) is 0.333. The molecule has 8 nitrogen and oxygen atoms in total. The van der Waals surface area contributed by atoms with Gasteiger partial charge in [0.15, 0.2) is 5.82 Å². The number of ether oxygens (including phenoxy) is 1. The number of aromatic nitrogens is 2. The second-order valence-corrected chi connectivity index (χ2v) is 9.48. The van der Waals surface area contributed by atoms with Crippen LogP contribution >= 0.6 is 11.6 Å². The van der Waals surface area contributed by atoms with E-state index >= 15 is 0 Å². The molecule has 2 heterocycles. The molecule has 3 aromatic rings. The van der Waals surface area contributed by atoms with Crippen LogP contribution in [0.1, 0.15) is 23.2 Å². The number of piperazine rings is 1. The number of hydrogen-bond acceptors (Lipinski definition) is 6. The van der Waals surface area contributed by atoms with E-state index in [1.165, 1.54) is 0 Å². The Labute approximate surface area is 215 Å². The first-order valence-electron chi connectivity index (χ1n) is 12.1. The molecule has 36 heavy (non-hydrogen) atoms. The van der Waals surface area contributed by atoms with Gasteiger partial charge in [0.1, 0.15) is 12.3 Å². The summed E-state index contributed by atoms with van der Waals surface area (Å²) in [7, 11) is 1.64. The molecular weight excluding hydrogens is 478 g/mol. The van der Waals surface area contributed by atoms with Crippen molar-refractivity contribution in [3.8, 4) is 17.0 Å². The lowest BCUT2D eigenvalue weighted by atomic mass is 10.1. The molecule has 186 valence electrons. The monoisotopic (exact) mass is 505 g/mol. The third-order valence-electron chi connectivity index (χ3n) is 6.62. The molecule has 1 saturated carbocycles. The SMILES string of the molecule is COc1cccc(-c2ccc(N3CCN(C(=O)CN(C(=O)c4ccc(Cl)cc4)C4CC4)CC3)nn2)c1. The van der Waals surface area contributed by atoms with Crippen molar-refractivity contribution in [3.63, 3.8) is 0 Å². The van der Waals surface area contributed by atoms with E-state index in [9.17, 15) is 9.59 Å². The summed E-state index contributed by atoms with van der Waals surface area (Å²) in [6.07, 6.45) is 1.87. The smallest absolute Gasteiger partial charge is 0.254 e. The van der Waals surface area contributed by atoms with Crippen molar-refractivity contribution in [2.75, 3.05) is 44.7 Å². The molecule has 9 heteroatoms. The van der Waals surface area contributed by atoms with E-state index in [0.29, 0.717) is 36.8 Å². The average molecular weight is 506 g/mol. The number of halogens is 1. The highest BCUT2D eigenvalue weighted by Crippen LogP contribution is 2.29. The van der Waals surface area contributed by atoms with Crippen molar-refractivity contribution in [2.24, 2.45) is 0 Å². The lowest BCUT2D eigenvalue weighted by molar-refractivity contribution is -0.132. The number of carbonyl (C=O) groups excluding carboxylic acids is 2. The first kappa shape index (κ1) is 24.1. The van der Waals surface area contributed by atoms with E-state index in [4.69, 9.17) is 16.3 Å². The summed E-state index contributed by atoms with van der Waals surface area (Å²) < 4.78 is 5.29. The normalized spacial score (nSPS) is 15.5. The van der Waals surface area contributed by atoms with Gasteiger partial charge in [-0.2, -0.15) is 0 Å². The standard InChI is InChI=1S/C27H28ClN5O3/c1-36-23-4-2-3-20(17-23)24-11-12-25(30-29-24)31-13-15-32(16-14-31)26(34)18-33(22-9-10-22)27(35)19-5-7-21(28)8-6-19/h2-8,11-12,17,22H,9-10,13-16,18H2,1H3. The van der Waals surface area contributed by atoms with Gasteiger partial charge in [-0.1, -0.05) is 23.7 Å². The summed E-state index contributed by atoms with van der Waals surface area (Å²) in [4.78, 5) is 31.8. The number of benzene rings is 2. The summed E-state index contributed by atoms with van der Waals surface area (Å²) in [5.41, 5.74) is 2.27. The molecule has 0 spiro atoms. The zero-order chi connectivity index (χ0) is 25.1. The van der Waals surface area contributed by atoms with Crippen LogP contribution in [0.4, 0.5) is 5.82 Å². The summed E-state index contributed by atoms with van der Waals surface area (Å²) in [6, 6.07) is 18.6. The van der Waals surface area contributed by atoms with Crippen LogP contribution in [0.25, 0.3) is 11.3 Å². The van der Waals surface area contributed by atoms with Crippen molar-refractivity contribution in [2.45, 2.75) is 18.9 Å². The zero-order valence-corrected chi connectivity index (χ0v) is 20.9. The first-order chi connectivity index (χ1) is 17.5. The fourth-order valence-corrected chi connectivity index (χ4v) is 4.50. The lowest BCUT2D eigenvalue weighted by Gasteiger charge is -2.36. The van der Waals surface area contributed by atoms with Crippen LogP contribution in [0.5, 0.6) is 5.75 Å². The summed E-state index contributed by atoms with van der Waals surface area (Å²) in [5.74, 6) is 1.41. The molecule has 2 amide bonds. The third kappa shape index (κ3) is 5.44. The van der Waals surface area contributed by atoms with Crippen molar-refractivity contribution < 1.29 is 14.3 Å². The van der Waals surface area contributed by atoms with Gasteiger partial charge < -0.3 is 19.4 Å². The highest BCUT2D eigenvalue weighted by atomic mass is 35.5.